The number of rotatable bonds is 2. The summed E-state index contributed by atoms with van der Waals surface area (Å²) in [5.41, 5.74) is 1.82. The summed E-state index contributed by atoms with van der Waals surface area (Å²) in [5, 5.41) is 5.56. The summed E-state index contributed by atoms with van der Waals surface area (Å²) in [6.45, 7) is 4.48. The lowest BCUT2D eigenvalue weighted by Crippen LogP contribution is -2.53. The highest BCUT2D eigenvalue weighted by atomic mass is 16.5. The molecule has 2 aliphatic rings. The lowest BCUT2D eigenvalue weighted by molar-refractivity contribution is -0.125. The molecule has 7 heteroatoms. The summed E-state index contributed by atoms with van der Waals surface area (Å²) in [6, 6.07) is 6.81. The van der Waals surface area contributed by atoms with E-state index in [4.69, 9.17) is 4.74 Å². The molecule has 2 N–H and O–H groups in total. The van der Waals surface area contributed by atoms with E-state index in [1.165, 1.54) is 0 Å². The van der Waals surface area contributed by atoms with E-state index in [2.05, 4.69) is 15.6 Å². The quantitative estimate of drug-likeness (QED) is 0.833. The molecular formula is C16H20N4O3. The zero-order chi connectivity index (χ0) is 16.2. The molecule has 1 atom stereocenters. The van der Waals surface area contributed by atoms with Crippen LogP contribution in [0.3, 0.4) is 0 Å². The first-order valence-corrected chi connectivity index (χ1v) is 7.70. The maximum Gasteiger partial charge on any atom is 0.249 e. The fraction of sp³-hybridized carbons (Fsp3) is 0.438. The molecule has 0 aliphatic carbocycles. The van der Waals surface area contributed by atoms with E-state index < -0.39 is 6.04 Å². The minimum absolute atomic E-state index is 0.0610. The first-order valence-electron chi connectivity index (χ1n) is 7.70. The normalized spacial score (nSPS) is 21.4. The second kappa shape index (κ2) is 6.78. The van der Waals surface area contributed by atoms with Crippen LogP contribution in [-0.4, -0.2) is 55.0 Å². The molecule has 1 aromatic rings. The van der Waals surface area contributed by atoms with Crippen molar-refractivity contribution >= 4 is 23.5 Å². The van der Waals surface area contributed by atoms with Gasteiger partial charge < -0.3 is 15.0 Å². The highest BCUT2D eigenvalue weighted by Crippen LogP contribution is 2.13. The molecule has 2 aliphatic heterocycles. The Hall–Kier alpha value is -2.41. The minimum Gasteiger partial charge on any atom is -0.378 e. The molecule has 1 fully saturated rings. The number of aryl methyl sites for hydroxylation is 1. The van der Waals surface area contributed by atoms with Crippen molar-refractivity contribution in [2.45, 2.75) is 19.4 Å². The molecule has 3 rings (SSSR count). The number of benzene rings is 1. The third-order valence-electron chi connectivity index (χ3n) is 3.84. The van der Waals surface area contributed by atoms with E-state index in [0.29, 0.717) is 38.0 Å². The number of amides is 2. The van der Waals surface area contributed by atoms with Crippen LogP contribution in [0.4, 0.5) is 5.69 Å². The molecule has 2 amide bonds. The van der Waals surface area contributed by atoms with Crippen molar-refractivity contribution in [3.8, 4) is 0 Å². The lowest BCUT2D eigenvalue weighted by Gasteiger charge is -2.32. The predicted molar refractivity (Wildman–Crippen MR) is 86.2 cm³/mol. The van der Waals surface area contributed by atoms with Gasteiger partial charge in [-0.1, -0.05) is 17.7 Å². The van der Waals surface area contributed by atoms with Gasteiger partial charge in [-0.25, -0.2) is 4.99 Å². The second-order valence-electron chi connectivity index (χ2n) is 5.68. The van der Waals surface area contributed by atoms with Crippen molar-refractivity contribution in [1.82, 2.24) is 10.2 Å². The van der Waals surface area contributed by atoms with Crippen LogP contribution in [0.5, 0.6) is 0 Å². The zero-order valence-electron chi connectivity index (χ0n) is 13.0. The number of nitrogens with zero attached hydrogens (tertiary/aromatic N) is 2. The van der Waals surface area contributed by atoms with Gasteiger partial charge in [0.15, 0.2) is 0 Å². The van der Waals surface area contributed by atoms with Crippen molar-refractivity contribution in [2.75, 3.05) is 31.6 Å². The van der Waals surface area contributed by atoms with Crippen LogP contribution in [0.15, 0.2) is 29.3 Å². The third kappa shape index (κ3) is 3.87. The number of nitrogens with one attached hydrogen (secondary N) is 2. The maximum atomic E-state index is 12.4. The summed E-state index contributed by atoms with van der Waals surface area (Å²) in [6.07, 6.45) is 0.0610. The average molecular weight is 316 g/mol. The van der Waals surface area contributed by atoms with Gasteiger partial charge in [0, 0.05) is 18.8 Å². The van der Waals surface area contributed by atoms with Crippen molar-refractivity contribution < 1.29 is 14.3 Å². The Kier molecular flexibility index (Phi) is 4.57. The van der Waals surface area contributed by atoms with Crippen molar-refractivity contribution in [3.63, 3.8) is 0 Å². The Labute approximate surface area is 134 Å². The Balaban J connectivity index is 1.70. The van der Waals surface area contributed by atoms with Gasteiger partial charge in [0.2, 0.25) is 17.8 Å². The molecule has 0 aromatic heterocycles. The molecular weight excluding hydrogens is 296 g/mol. The molecule has 1 saturated heterocycles. The van der Waals surface area contributed by atoms with Gasteiger partial charge in [-0.15, -0.1) is 0 Å². The lowest BCUT2D eigenvalue weighted by atomic mass is 10.1. The molecule has 7 nitrogen and oxygen atoms in total. The standard InChI is InChI=1S/C16H20N4O3/c1-11-2-4-12(5-3-11)17-15(22)13-10-14(21)19-16(18-13)20-6-8-23-9-7-20/h2-5,13H,6-10H2,1H3,(H,17,22)(H,18,19,21)/t13-/m0/s1. The van der Waals surface area contributed by atoms with Crippen molar-refractivity contribution in [3.05, 3.63) is 29.8 Å². The number of hydrogen-bond acceptors (Lipinski definition) is 5. The smallest absolute Gasteiger partial charge is 0.249 e. The Morgan fingerprint density at radius 3 is 2.70 bits per heavy atom. The number of carbonyl (C=O) groups excluding carboxylic acids is 2. The second-order valence-corrected chi connectivity index (χ2v) is 5.68. The van der Waals surface area contributed by atoms with Crippen LogP contribution in [0.1, 0.15) is 12.0 Å². The van der Waals surface area contributed by atoms with Gasteiger partial charge in [0.25, 0.3) is 0 Å². The summed E-state index contributed by atoms with van der Waals surface area (Å²) >= 11 is 0. The molecule has 23 heavy (non-hydrogen) atoms. The van der Waals surface area contributed by atoms with E-state index in [1.807, 2.05) is 36.1 Å². The average Bonchev–Trinajstić information content (AvgIpc) is 2.57. The van der Waals surface area contributed by atoms with Gasteiger partial charge in [0.05, 0.1) is 19.6 Å². The molecule has 0 saturated carbocycles. The predicted octanol–water partition coefficient (Wildman–Crippen LogP) is 0.510. The summed E-state index contributed by atoms with van der Waals surface area (Å²) in [7, 11) is 0. The molecule has 0 bridgehead atoms. The number of carbonyl (C=O) groups is 2. The van der Waals surface area contributed by atoms with Crippen LogP contribution in [0, 0.1) is 6.92 Å². The topological polar surface area (TPSA) is 83.0 Å². The SMILES string of the molecule is Cc1ccc(NC(=O)[C@@H]2CC(=O)NC(N3CCOCC3)=N2)cc1. The van der Waals surface area contributed by atoms with E-state index in [9.17, 15) is 9.59 Å². The highest BCUT2D eigenvalue weighted by Gasteiger charge is 2.29. The minimum atomic E-state index is -0.706. The van der Waals surface area contributed by atoms with Gasteiger partial charge in [-0.05, 0) is 19.1 Å². The molecule has 0 spiro atoms. The number of anilines is 1. The summed E-state index contributed by atoms with van der Waals surface area (Å²) in [4.78, 5) is 30.6. The van der Waals surface area contributed by atoms with Crippen LogP contribution in [-0.2, 0) is 14.3 Å². The monoisotopic (exact) mass is 316 g/mol. The Bertz CT molecular complexity index is 621. The number of hydrogen-bond donors (Lipinski definition) is 2. The zero-order valence-corrected chi connectivity index (χ0v) is 13.0. The van der Waals surface area contributed by atoms with Crippen LogP contribution < -0.4 is 10.6 Å². The molecule has 0 radical (unpaired) electrons. The largest absolute Gasteiger partial charge is 0.378 e. The molecule has 2 heterocycles. The van der Waals surface area contributed by atoms with E-state index in [0.717, 1.165) is 5.56 Å². The first-order chi connectivity index (χ1) is 11.1. The van der Waals surface area contributed by atoms with Gasteiger partial charge in [-0.2, -0.15) is 0 Å². The van der Waals surface area contributed by atoms with Gasteiger partial charge >= 0.3 is 0 Å². The maximum absolute atomic E-state index is 12.4. The molecule has 122 valence electrons. The van der Waals surface area contributed by atoms with E-state index >= 15 is 0 Å². The van der Waals surface area contributed by atoms with Crippen molar-refractivity contribution in [1.29, 1.82) is 0 Å². The van der Waals surface area contributed by atoms with Crippen LogP contribution >= 0.6 is 0 Å². The number of aliphatic imine (C=N–C) groups is 1. The van der Waals surface area contributed by atoms with Gasteiger partial charge in [-0.3, -0.25) is 14.9 Å². The van der Waals surface area contributed by atoms with Crippen molar-refractivity contribution in [2.24, 2.45) is 4.99 Å². The van der Waals surface area contributed by atoms with Crippen LogP contribution in [0.2, 0.25) is 0 Å². The van der Waals surface area contributed by atoms with Gasteiger partial charge in [0.1, 0.15) is 6.04 Å². The van der Waals surface area contributed by atoms with E-state index in [1.54, 1.807) is 0 Å². The fourth-order valence-electron chi connectivity index (χ4n) is 2.53. The Morgan fingerprint density at radius 2 is 2.00 bits per heavy atom. The summed E-state index contributed by atoms with van der Waals surface area (Å²) < 4.78 is 5.29. The number of guanidine groups is 1. The first kappa shape index (κ1) is 15.5. The van der Waals surface area contributed by atoms with E-state index in [-0.39, 0.29) is 18.2 Å². The van der Waals surface area contributed by atoms with Crippen LogP contribution in [0.25, 0.3) is 0 Å². The Morgan fingerprint density at radius 1 is 1.30 bits per heavy atom. The molecule has 0 unspecified atom stereocenters. The number of morpholine rings is 1. The molecule has 1 aromatic carbocycles. The fourth-order valence-corrected chi connectivity index (χ4v) is 2.53. The highest BCUT2D eigenvalue weighted by molar-refractivity contribution is 6.05. The number of ether oxygens (including phenoxy) is 1. The summed E-state index contributed by atoms with van der Waals surface area (Å²) in [5.74, 6) is 0.00798. The third-order valence-corrected chi connectivity index (χ3v) is 3.84.